The number of nitrogens with zero attached hydrogens (tertiary/aromatic N) is 5. The number of hydrogen-bond donors (Lipinski definition) is 0. The third kappa shape index (κ3) is 4.33. The summed E-state index contributed by atoms with van der Waals surface area (Å²) >= 11 is 0. The quantitative estimate of drug-likeness (QED) is 0.619. The van der Waals surface area contributed by atoms with Crippen LogP contribution in [-0.4, -0.2) is 59.2 Å². The largest absolute Gasteiger partial charge is 0.378 e. The molecule has 1 amide bonds. The van der Waals surface area contributed by atoms with Gasteiger partial charge in [-0.25, -0.2) is 4.68 Å². The number of fused-ring (bicyclic) bond motifs is 1. The molecule has 3 aromatic rings. The fourth-order valence-corrected chi connectivity index (χ4v) is 3.66. The monoisotopic (exact) mass is 407 g/mol. The van der Waals surface area contributed by atoms with Crippen LogP contribution in [-0.2, 0) is 22.6 Å². The molecule has 1 aliphatic rings. The first-order valence-corrected chi connectivity index (χ1v) is 10.1. The SMILES string of the molecule is CN(Cc1ccccc1N1CCOCC1)C(=O)CCn1nnc2ccccc2c1=O. The highest BCUT2D eigenvalue weighted by Gasteiger charge is 2.17. The van der Waals surface area contributed by atoms with Crippen LogP contribution in [0.2, 0.25) is 0 Å². The van der Waals surface area contributed by atoms with Crippen LogP contribution >= 0.6 is 0 Å². The fraction of sp³-hybridized carbons (Fsp3) is 0.364. The molecule has 0 bridgehead atoms. The fourth-order valence-electron chi connectivity index (χ4n) is 3.66. The Hall–Kier alpha value is -3.26. The van der Waals surface area contributed by atoms with Gasteiger partial charge in [-0.15, -0.1) is 5.10 Å². The highest BCUT2D eigenvalue weighted by atomic mass is 16.5. The maximum atomic E-state index is 12.7. The van der Waals surface area contributed by atoms with Gasteiger partial charge in [0.05, 0.1) is 25.1 Å². The summed E-state index contributed by atoms with van der Waals surface area (Å²) in [6, 6.07) is 15.2. The number of anilines is 1. The number of ether oxygens (including phenoxy) is 1. The summed E-state index contributed by atoms with van der Waals surface area (Å²) in [4.78, 5) is 29.2. The van der Waals surface area contributed by atoms with E-state index in [1.165, 1.54) is 4.68 Å². The van der Waals surface area contributed by atoms with Crippen LogP contribution < -0.4 is 10.5 Å². The molecule has 0 aliphatic carbocycles. The average molecular weight is 407 g/mol. The van der Waals surface area contributed by atoms with Crippen molar-refractivity contribution in [2.45, 2.75) is 19.5 Å². The molecule has 1 aliphatic heterocycles. The molecule has 156 valence electrons. The second-order valence-corrected chi connectivity index (χ2v) is 7.36. The van der Waals surface area contributed by atoms with E-state index in [0.29, 0.717) is 30.7 Å². The van der Waals surface area contributed by atoms with Gasteiger partial charge < -0.3 is 14.5 Å². The molecule has 0 saturated carbocycles. The van der Waals surface area contributed by atoms with Crippen molar-refractivity contribution in [3.8, 4) is 0 Å². The number of carbonyl (C=O) groups excluding carboxylic acids is 1. The van der Waals surface area contributed by atoms with Gasteiger partial charge in [-0.2, -0.15) is 0 Å². The van der Waals surface area contributed by atoms with E-state index >= 15 is 0 Å². The maximum absolute atomic E-state index is 12.7. The first kappa shape index (κ1) is 20.0. The molecular weight excluding hydrogens is 382 g/mol. The van der Waals surface area contributed by atoms with Crippen molar-refractivity contribution in [1.82, 2.24) is 19.9 Å². The second kappa shape index (κ2) is 9.04. The molecular formula is C22H25N5O3. The zero-order valence-electron chi connectivity index (χ0n) is 17.0. The van der Waals surface area contributed by atoms with Gasteiger partial charge in [0.25, 0.3) is 5.56 Å². The molecule has 2 heterocycles. The van der Waals surface area contributed by atoms with Crippen molar-refractivity contribution >= 4 is 22.5 Å². The van der Waals surface area contributed by atoms with E-state index < -0.39 is 0 Å². The minimum absolute atomic E-state index is 0.0476. The highest BCUT2D eigenvalue weighted by molar-refractivity contribution is 5.77. The maximum Gasteiger partial charge on any atom is 0.277 e. The zero-order chi connectivity index (χ0) is 20.9. The van der Waals surface area contributed by atoms with Gasteiger partial charge in [0.15, 0.2) is 0 Å². The van der Waals surface area contributed by atoms with Crippen molar-refractivity contribution in [3.63, 3.8) is 0 Å². The number of amides is 1. The van der Waals surface area contributed by atoms with E-state index in [1.807, 2.05) is 24.3 Å². The lowest BCUT2D eigenvalue weighted by atomic mass is 10.1. The third-order valence-corrected chi connectivity index (χ3v) is 5.34. The minimum atomic E-state index is -0.228. The van der Waals surface area contributed by atoms with Crippen LogP contribution in [0.15, 0.2) is 53.3 Å². The Labute approximate surface area is 174 Å². The van der Waals surface area contributed by atoms with Gasteiger partial charge >= 0.3 is 0 Å². The van der Waals surface area contributed by atoms with Gasteiger partial charge in [-0.05, 0) is 23.8 Å². The summed E-state index contributed by atoms with van der Waals surface area (Å²) in [5, 5.41) is 8.54. The molecule has 8 nitrogen and oxygen atoms in total. The number of aryl methyl sites for hydroxylation is 1. The predicted molar refractivity (Wildman–Crippen MR) is 114 cm³/mol. The number of morpholine rings is 1. The number of benzene rings is 2. The molecule has 2 aromatic carbocycles. The average Bonchev–Trinajstić information content (AvgIpc) is 2.79. The van der Waals surface area contributed by atoms with E-state index in [0.717, 1.165) is 24.3 Å². The van der Waals surface area contributed by atoms with Gasteiger partial charge in [-0.3, -0.25) is 9.59 Å². The molecule has 0 N–H and O–H groups in total. The Morgan fingerprint density at radius 1 is 1.10 bits per heavy atom. The third-order valence-electron chi connectivity index (χ3n) is 5.34. The highest BCUT2D eigenvalue weighted by Crippen LogP contribution is 2.22. The smallest absolute Gasteiger partial charge is 0.277 e. The van der Waals surface area contributed by atoms with Gasteiger partial charge in [0.1, 0.15) is 5.52 Å². The molecule has 4 rings (SSSR count). The van der Waals surface area contributed by atoms with Crippen LogP contribution in [0.3, 0.4) is 0 Å². The molecule has 1 fully saturated rings. The topological polar surface area (TPSA) is 80.6 Å². The molecule has 1 aromatic heterocycles. The molecule has 1 saturated heterocycles. The molecule has 0 atom stereocenters. The van der Waals surface area contributed by atoms with Crippen molar-refractivity contribution in [3.05, 3.63) is 64.4 Å². The summed E-state index contributed by atoms with van der Waals surface area (Å²) in [6.07, 6.45) is 0.184. The van der Waals surface area contributed by atoms with E-state index in [4.69, 9.17) is 4.74 Å². The van der Waals surface area contributed by atoms with Crippen LogP contribution in [0.5, 0.6) is 0 Å². The zero-order valence-corrected chi connectivity index (χ0v) is 17.0. The Bertz CT molecular complexity index is 1090. The molecule has 8 heteroatoms. The number of para-hydroxylation sites is 1. The first-order chi connectivity index (χ1) is 14.6. The second-order valence-electron chi connectivity index (χ2n) is 7.36. The first-order valence-electron chi connectivity index (χ1n) is 10.1. The Morgan fingerprint density at radius 2 is 1.83 bits per heavy atom. The van der Waals surface area contributed by atoms with Crippen LogP contribution in [0.4, 0.5) is 5.69 Å². The lowest BCUT2D eigenvalue weighted by Crippen LogP contribution is -2.37. The Morgan fingerprint density at radius 3 is 2.67 bits per heavy atom. The van der Waals surface area contributed by atoms with E-state index in [9.17, 15) is 9.59 Å². The Balaban J connectivity index is 1.41. The standard InChI is InChI=1S/C22H25N5O3/c1-25(16-17-6-2-5-9-20(17)26-12-14-30-15-13-26)21(28)10-11-27-22(29)18-7-3-4-8-19(18)23-24-27/h2-9H,10-16H2,1H3. The van der Waals surface area contributed by atoms with Gasteiger partial charge in [0, 0.05) is 38.8 Å². The summed E-state index contributed by atoms with van der Waals surface area (Å²) in [7, 11) is 1.78. The van der Waals surface area contributed by atoms with Gasteiger partial charge in [0.2, 0.25) is 5.91 Å². The van der Waals surface area contributed by atoms with Crippen molar-refractivity contribution in [2.75, 3.05) is 38.3 Å². The molecule has 0 radical (unpaired) electrons. The number of rotatable bonds is 6. The van der Waals surface area contributed by atoms with Crippen molar-refractivity contribution < 1.29 is 9.53 Å². The number of hydrogen-bond acceptors (Lipinski definition) is 6. The molecule has 30 heavy (non-hydrogen) atoms. The molecule has 0 unspecified atom stereocenters. The summed E-state index contributed by atoms with van der Waals surface area (Å²) < 4.78 is 6.71. The summed E-state index contributed by atoms with van der Waals surface area (Å²) in [5.74, 6) is -0.0476. The predicted octanol–water partition coefficient (Wildman–Crippen LogP) is 1.68. The van der Waals surface area contributed by atoms with E-state index in [2.05, 4.69) is 21.3 Å². The summed E-state index contributed by atoms with van der Waals surface area (Å²) in [5.41, 5.74) is 2.56. The summed E-state index contributed by atoms with van der Waals surface area (Å²) in [6.45, 7) is 3.82. The lowest BCUT2D eigenvalue weighted by Gasteiger charge is -2.31. The Kier molecular flexibility index (Phi) is 6.04. The minimum Gasteiger partial charge on any atom is -0.378 e. The van der Waals surface area contributed by atoms with Crippen molar-refractivity contribution in [1.29, 1.82) is 0 Å². The van der Waals surface area contributed by atoms with E-state index in [-0.39, 0.29) is 24.4 Å². The van der Waals surface area contributed by atoms with Crippen molar-refractivity contribution in [2.24, 2.45) is 0 Å². The van der Waals surface area contributed by atoms with Crippen LogP contribution in [0, 0.1) is 0 Å². The molecule has 0 spiro atoms. The lowest BCUT2D eigenvalue weighted by molar-refractivity contribution is -0.130. The van der Waals surface area contributed by atoms with Crippen LogP contribution in [0.25, 0.3) is 10.9 Å². The van der Waals surface area contributed by atoms with Gasteiger partial charge in [-0.1, -0.05) is 35.5 Å². The number of carbonyl (C=O) groups is 1. The van der Waals surface area contributed by atoms with E-state index in [1.54, 1.807) is 30.1 Å². The number of aromatic nitrogens is 3. The van der Waals surface area contributed by atoms with Crippen LogP contribution in [0.1, 0.15) is 12.0 Å². The normalized spacial score (nSPS) is 14.1.